The van der Waals surface area contributed by atoms with Crippen LogP contribution in [0.3, 0.4) is 0 Å². The average Bonchev–Trinajstić information content (AvgIpc) is 3.06. The lowest BCUT2D eigenvalue weighted by atomic mass is 9.84. The van der Waals surface area contributed by atoms with E-state index in [1.807, 2.05) is 36.4 Å². The molecule has 3 aliphatic heterocycles. The van der Waals surface area contributed by atoms with E-state index in [4.69, 9.17) is 0 Å². The van der Waals surface area contributed by atoms with Gasteiger partial charge in [-0.05, 0) is 50.0 Å². The molecular formula is C18H20BrN3O. The third-order valence-electron chi connectivity index (χ3n) is 5.07. The van der Waals surface area contributed by atoms with Crippen molar-refractivity contribution >= 4 is 21.8 Å². The fourth-order valence-electron chi connectivity index (χ4n) is 3.74. The zero-order chi connectivity index (χ0) is 15.8. The van der Waals surface area contributed by atoms with Gasteiger partial charge in [0.25, 0.3) is 5.91 Å². The van der Waals surface area contributed by atoms with Crippen LogP contribution in [-0.4, -0.2) is 41.5 Å². The first kappa shape index (κ1) is 15.0. The van der Waals surface area contributed by atoms with Crippen molar-refractivity contribution in [1.29, 1.82) is 0 Å². The first-order valence-electron chi connectivity index (χ1n) is 8.18. The van der Waals surface area contributed by atoms with Crippen LogP contribution in [0.15, 0.2) is 40.9 Å². The molecule has 2 N–H and O–H groups in total. The SMILES string of the molecule is O=C(N[C@H]1CN2CCC1CC2)c1ccc(-c2ccccc2Br)[nH]1. The van der Waals surface area contributed by atoms with E-state index in [0.29, 0.717) is 17.7 Å². The van der Waals surface area contributed by atoms with Gasteiger partial charge in [0.1, 0.15) is 5.69 Å². The molecule has 5 heteroatoms. The molecule has 3 fully saturated rings. The zero-order valence-electron chi connectivity index (χ0n) is 12.9. The van der Waals surface area contributed by atoms with Crippen LogP contribution >= 0.6 is 15.9 Å². The van der Waals surface area contributed by atoms with E-state index >= 15 is 0 Å². The molecule has 0 saturated carbocycles. The summed E-state index contributed by atoms with van der Waals surface area (Å²) >= 11 is 3.55. The molecule has 4 nitrogen and oxygen atoms in total. The second-order valence-electron chi connectivity index (χ2n) is 6.48. The number of aromatic amines is 1. The number of H-pyrrole nitrogens is 1. The molecule has 3 saturated heterocycles. The summed E-state index contributed by atoms with van der Waals surface area (Å²) in [6.45, 7) is 3.37. The first-order chi connectivity index (χ1) is 11.2. The third kappa shape index (κ3) is 2.95. The normalized spacial score (nSPS) is 26.2. The van der Waals surface area contributed by atoms with Gasteiger partial charge in [-0.1, -0.05) is 34.1 Å². The van der Waals surface area contributed by atoms with Gasteiger partial charge < -0.3 is 15.2 Å². The van der Waals surface area contributed by atoms with Crippen molar-refractivity contribution in [3.63, 3.8) is 0 Å². The second kappa shape index (κ2) is 6.13. The number of amides is 1. The number of nitrogens with zero attached hydrogens (tertiary/aromatic N) is 1. The Balaban J connectivity index is 1.48. The number of hydrogen-bond donors (Lipinski definition) is 2. The molecule has 1 aromatic carbocycles. The largest absolute Gasteiger partial charge is 0.351 e. The van der Waals surface area contributed by atoms with Crippen molar-refractivity contribution in [3.8, 4) is 11.3 Å². The Hall–Kier alpha value is -1.59. The van der Waals surface area contributed by atoms with Crippen molar-refractivity contribution in [1.82, 2.24) is 15.2 Å². The summed E-state index contributed by atoms with van der Waals surface area (Å²) < 4.78 is 1.02. The predicted molar refractivity (Wildman–Crippen MR) is 94.3 cm³/mol. The Morgan fingerprint density at radius 1 is 1.17 bits per heavy atom. The van der Waals surface area contributed by atoms with Crippen LogP contribution in [0.2, 0.25) is 0 Å². The van der Waals surface area contributed by atoms with Crippen molar-refractivity contribution < 1.29 is 4.79 Å². The van der Waals surface area contributed by atoms with Gasteiger partial charge in [0.15, 0.2) is 0 Å². The molecule has 0 spiro atoms. The van der Waals surface area contributed by atoms with Crippen LogP contribution in [0, 0.1) is 5.92 Å². The first-order valence-corrected chi connectivity index (χ1v) is 8.97. The summed E-state index contributed by atoms with van der Waals surface area (Å²) in [6, 6.07) is 12.1. The highest BCUT2D eigenvalue weighted by atomic mass is 79.9. The minimum Gasteiger partial charge on any atom is -0.351 e. The summed E-state index contributed by atoms with van der Waals surface area (Å²) in [5, 5.41) is 3.22. The van der Waals surface area contributed by atoms with Crippen LogP contribution in [0.4, 0.5) is 0 Å². The Morgan fingerprint density at radius 3 is 2.65 bits per heavy atom. The molecule has 120 valence electrons. The van der Waals surface area contributed by atoms with E-state index in [0.717, 1.165) is 22.3 Å². The topological polar surface area (TPSA) is 48.1 Å². The minimum atomic E-state index is 0.00190. The standard InChI is InChI=1S/C18H20BrN3O/c19-14-4-2-1-3-13(14)15-5-6-16(20-15)18(23)21-17-11-22-9-7-12(17)8-10-22/h1-6,12,17,20H,7-11H2,(H,21,23)/t17-/m0/s1. The number of rotatable bonds is 3. The lowest BCUT2D eigenvalue weighted by Gasteiger charge is -2.44. The van der Waals surface area contributed by atoms with Crippen molar-refractivity contribution in [2.24, 2.45) is 5.92 Å². The van der Waals surface area contributed by atoms with E-state index in [2.05, 4.69) is 31.1 Å². The summed E-state index contributed by atoms with van der Waals surface area (Å²) in [5.74, 6) is 0.642. The summed E-state index contributed by atoms with van der Waals surface area (Å²) in [4.78, 5) is 18.2. The Bertz CT molecular complexity index is 719. The number of halogens is 1. The molecule has 1 aromatic heterocycles. The molecule has 0 unspecified atom stereocenters. The average molecular weight is 374 g/mol. The van der Waals surface area contributed by atoms with Crippen LogP contribution in [0.1, 0.15) is 23.3 Å². The van der Waals surface area contributed by atoms with Gasteiger partial charge in [-0.25, -0.2) is 0 Å². The van der Waals surface area contributed by atoms with Crippen molar-refractivity contribution in [2.45, 2.75) is 18.9 Å². The molecular weight excluding hydrogens is 354 g/mol. The minimum absolute atomic E-state index is 0.00190. The Labute approximate surface area is 144 Å². The fourth-order valence-corrected chi connectivity index (χ4v) is 4.24. The highest BCUT2D eigenvalue weighted by Gasteiger charge is 2.35. The van der Waals surface area contributed by atoms with E-state index in [-0.39, 0.29) is 5.91 Å². The van der Waals surface area contributed by atoms with Crippen LogP contribution < -0.4 is 5.32 Å². The summed E-state index contributed by atoms with van der Waals surface area (Å²) in [6.07, 6.45) is 2.41. The maximum absolute atomic E-state index is 12.5. The number of fused-ring (bicyclic) bond motifs is 3. The third-order valence-corrected chi connectivity index (χ3v) is 5.76. The number of piperidine rings is 3. The zero-order valence-corrected chi connectivity index (χ0v) is 14.5. The molecule has 5 rings (SSSR count). The highest BCUT2D eigenvalue weighted by Crippen LogP contribution is 2.29. The molecule has 3 aliphatic rings. The second-order valence-corrected chi connectivity index (χ2v) is 7.34. The predicted octanol–water partition coefficient (Wildman–Crippen LogP) is 3.27. The number of nitrogens with one attached hydrogen (secondary N) is 2. The lowest BCUT2D eigenvalue weighted by Crippen LogP contribution is -2.57. The summed E-state index contributed by atoms with van der Waals surface area (Å²) in [7, 11) is 0. The quantitative estimate of drug-likeness (QED) is 0.867. The molecule has 0 radical (unpaired) electrons. The van der Waals surface area contributed by atoms with Crippen molar-refractivity contribution in [3.05, 3.63) is 46.6 Å². The fraction of sp³-hybridized carbons (Fsp3) is 0.389. The molecule has 0 aliphatic carbocycles. The van der Waals surface area contributed by atoms with Crippen LogP contribution in [0.25, 0.3) is 11.3 Å². The molecule has 4 heterocycles. The van der Waals surface area contributed by atoms with E-state index in [1.165, 1.54) is 25.9 Å². The Kier molecular flexibility index (Phi) is 3.99. The maximum Gasteiger partial charge on any atom is 0.267 e. The van der Waals surface area contributed by atoms with Gasteiger partial charge >= 0.3 is 0 Å². The Morgan fingerprint density at radius 2 is 1.96 bits per heavy atom. The van der Waals surface area contributed by atoms with E-state index < -0.39 is 0 Å². The van der Waals surface area contributed by atoms with Gasteiger partial charge in [0.05, 0.1) is 0 Å². The smallest absolute Gasteiger partial charge is 0.267 e. The number of hydrogen-bond acceptors (Lipinski definition) is 2. The molecule has 1 atom stereocenters. The van der Waals surface area contributed by atoms with Gasteiger partial charge in [-0.2, -0.15) is 0 Å². The van der Waals surface area contributed by atoms with Gasteiger partial charge in [-0.15, -0.1) is 0 Å². The van der Waals surface area contributed by atoms with Gasteiger partial charge in [0.2, 0.25) is 0 Å². The van der Waals surface area contributed by atoms with Crippen molar-refractivity contribution in [2.75, 3.05) is 19.6 Å². The summed E-state index contributed by atoms with van der Waals surface area (Å²) in [5.41, 5.74) is 2.65. The van der Waals surface area contributed by atoms with Crippen LogP contribution in [0.5, 0.6) is 0 Å². The highest BCUT2D eigenvalue weighted by molar-refractivity contribution is 9.10. The number of benzene rings is 1. The van der Waals surface area contributed by atoms with Gasteiger partial charge in [0, 0.05) is 28.3 Å². The van der Waals surface area contributed by atoms with Crippen LogP contribution in [-0.2, 0) is 0 Å². The molecule has 2 aromatic rings. The number of aromatic nitrogens is 1. The van der Waals surface area contributed by atoms with E-state index in [1.54, 1.807) is 0 Å². The van der Waals surface area contributed by atoms with E-state index in [9.17, 15) is 4.79 Å². The van der Waals surface area contributed by atoms with Gasteiger partial charge in [-0.3, -0.25) is 4.79 Å². The molecule has 2 bridgehead atoms. The maximum atomic E-state index is 12.5. The molecule has 23 heavy (non-hydrogen) atoms. The monoisotopic (exact) mass is 373 g/mol. The number of carbonyl (C=O) groups excluding carboxylic acids is 1. The molecule has 1 amide bonds. The number of carbonyl (C=O) groups is 1. The lowest BCUT2D eigenvalue weighted by molar-refractivity contribution is 0.0618.